The molecule has 3 rings (SSSR count). The number of aromatic nitrogens is 1. The minimum atomic E-state index is -0.130. The number of amides is 2. The Kier molecular flexibility index (Phi) is 5.03. The summed E-state index contributed by atoms with van der Waals surface area (Å²) in [6.07, 6.45) is 2.93. The second-order valence-electron chi connectivity index (χ2n) is 6.00. The van der Waals surface area contributed by atoms with Crippen molar-refractivity contribution in [3.05, 3.63) is 41.3 Å². The van der Waals surface area contributed by atoms with Crippen molar-refractivity contribution in [1.82, 2.24) is 10.1 Å². The summed E-state index contributed by atoms with van der Waals surface area (Å²) in [5.74, 6) is 1.61. The molecule has 2 heterocycles. The summed E-state index contributed by atoms with van der Waals surface area (Å²) in [6.45, 7) is 5.90. The lowest BCUT2D eigenvalue weighted by Gasteiger charge is -2.25. The number of anilines is 1. The first-order valence-electron chi connectivity index (χ1n) is 8.40. The summed E-state index contributed by atoms with van der Waals surface area (Å²) in [5, 5.41) is 6.88. The van der Waals surface area contributed by atoms with E-state index in [9.17, 15) is 4.79 Å². The molecule has 2 aromatic rings. The van der Waals surface area contributed by atoms with Crippen molar-refractivity contribution in [2.75, 3.05) is 18.5 Å². The number of nitrogens with one attached hydrogen (secondary N) is 1. The first-order valence-corrected chi connectivity index (χ1v) is 8.40. The Hall–Kier alpha value is -2.50. The van der Waals surface area contributed by atoms with Gasteiger partial charge in [-0.25, -0.2) is 4.79 Å². The third-order valence-electron chi connectivity index (χ3n) is 4.19. The Morgan fingerprint density at radius 1 is 1.38 bits per heavy atom. The number of fused-ring (bicyclic) bond motifs is 1. The predicted molar refractivity (Wildman–Crippen MR) is 91.2 cm³/mol. The van der Waals surface area contributed by atoms with Gasteiger partial charge in [-0.05, 0) is 44.0 Å². The molecule has 6 nitrogen and oxygen atoms in total. The molecule has 6 heteroatoms. The van der Waals surface area contributed by atoms with Crippen molar-refractivity contribution in [1.29, 1.82) is 0 Å². The highest BCUT2D eigenvalue weighted by atomic mass is 16.5. The van der Waals surface area contributed by atoms with Crippen molar-refractivity contribution in [3.8, 4) is 5.75 Å². The van der Waals surface area contributed by atoms with E-state index in [1.54, 1.807) is 4.90 Å². The van der Waals surface area contributed by atoms with E-state index in [0.29, 0.717) is 13.1 Å². The van der Waals surface area contributed by atoms with Crippen molar-refractivity contribution >= 4 is 11.7 Å². The van der Waals surface area contributed by atoms with Crippen LogP contribution in [0, 0.1) is 6.92 Å². The van der Waals surface area contributed by atoms with Gasteiger partial charge < -0.3 is 19.5 Å². The van der Waals surface area contributed by atoms with Crippen LogP contribution >= 0.6 is 0 Å². The van der Waals surface area contributed by atoms with E-state index in [2.05, 4.69) is 17.4 Å². The fraction of sp³-hybridized carbons (Fsp3) is 0.444. The molecular formula is C18H23N3O3. The van der Waals surface area contributed by atoms with Crippen LogP contribution in [0.2, 0.25) is 0 Å². The Morgan fingerprint density at radius 3 is 2.92 bits per heavy atom. The van der Waals surface area contributed by atoms with Crippen LogP contribution in [0.4, 0.5) is 10.5 Å². The molecule has 0 bridgehead atoms. The number of benzene rings is 1. The quantitative estimate of drug-likeness (QED) is 0.848. The molecule has 1 aromatic heterocycles. The van der Waals surface area contributed by atoms with Gasteiger partial charge in [0.2, 0.25) is 0 Å². The molecule has 0 saturated heterocycles. The first kappa shape index (κ1) is 16.4. The summed E-state index contributed by atoms with van der Waals surface area (Å²) >= 11 is 0. The van der Waals surface area contributed by atoms with Crippen LogP contribution in [0.15, 0.2) is 28.8 Å². The SMILES string of the molecule is CCCCOc1ccc(NC(=O)N2CCc3c(C)noc3C2)cc1. The van der Waals surface area contributed by atoms with Crippen LogP contribution in [-0.2, 0) is 13.0 Å². The van der Waals surface area contributed by atoms with Gasteiger partial charge in [-0.2, -0.15) is 0 Å². The number of hydrogen-bond acceptors (Lipinski definition) is 4. The molecule has 1 aromatic carbocycles. The number of ether oxygens (including phenoxy) is 1. The van der Waals surface area contributed by atoms with Crippen molar-refractivity contribution in [2.24, 2.45) is 0 Å². The molecule has 0 fully saturated rings. The van der Waals surface area contributed by atoms with E-state index in [-0.39, 0.29) is 6.03 Å². The molecule has 0 spiro atoms. The summed E-state index contributed by atoms with van der Waals surface area (Å²) in [7, 11) is 0. The third-order valence-corrected chi connectivity index (χ3v) is 4.19. The maximum absolute atomic E-state index is 12.4. The van der Waals surface area contributed by atoms with Gasteiger partial charge in [0.15, 0.2) is 5.76 Å². The fourth-order valence-electron chi connectivity index (χ4n) is 2.72. The van der Waals surface area contributed by atoms with E-state index in [4.69, 9.17) is 9.26 Å². The molecule has 1 aliphatic heterocycles. The average Bonchev–Trinajstić information content (AvgIpc) is 2.97. The normalized spacial score (nSPS) is 13.5. The third kappa shape index (κ3) is 3.69. The standard InChI is InChI=1S/C18H23N3O3/c1-3-4-11-23-15-7-5-14(6-8-15)19-18(22)21-10-9-16-13(2)20-24-17(16)12-21/h5-8H,3-4,9-12H2,1-2H3,(H,19,22). The van der Waals surface area contributed by atoms with Gasteiger partial charge in [0.05, 0.1) is 18.8 Å². The fourth-order valence-corrected chi connectivity index (χ4v) is 2.72. The number of carbonyl (C=O) groups is 1. The van der Waals surface area contributed by atoms with E-state index >= 15 is 0 Å². The summed E-state index contributed by atoms with van der Waals surface area (Å²) in [4.78, 5) is 14.1. The number of carbonyl (C=O) groups excluding carboxylic acids is 1. The Labute approximate surface area is 141 Å². The van der Waals surface area contributed by atoms with Gasteiger partial charge in [0, 0.05) is 17.8 Å². The Bertz CT molecular complexity index is 694. The van der Waals surface area contributed by atoms with Crippen molar-refractivity contribution in [3.63, 3.8) is 0 Å². The number of unbranched alkanes of at least 4 members (excludes halogenated alkanes) is 1. The lowest BCUT2D eigenvalue weighted by Crippen LogP contribution is -2.38. The number of rotatable bonds is 5. The molecule has 24 heavy (non-hydrogen) atoms. The van der Waals surface area contributed by atoms with Gasteiger partial charge >= 0.3 is 6.03 Å². The van der Waals surface area contributed by atoms with E-state index in [0.717, 1.165) is 54.3 Å². The number of nitrogens with zero attached hydrogens (tertiary/aromatic N) is 2. The van der Waals surface area contributed by atoms with E-state index in [1.165, 1.54) is 0 Å². The molecule has 0 saturated carbocycles. The van der Waals surface area contributed by atoms with E-state index < -0.39 is 0 Å². The van der Waals surface area contributed by atoms with Gasteiger partial charge in [-0.1, -0.05) is 18.5 Å². The summed E-state index contributed by atoms with van der Waals surface area (Å²) in [6, 6.07) is 7.33. The van der Waals surface area contributed by atoms with Crippen molar-refractivity contribution in [2.45, 2.75) is 39.7 Å². The minimum Gasteiger partial charge on any atom is -0.494 e. The molecule has 0 atom stereocenters. The zero-order valence-electron chi connectivity index (χ0n) is 14.2. The zero-order chi connectivity index (χ0) is 16.9. The highest BCUT2D eigenvalue weighted by Gasteiger charge is 2.25. The summed E-state index contributed by atoms with van der Waals surface area (Å²) < 4.78 is 10.9. The smallest absolute Gasteiger partial charge is 0.322 e. The van der Waals surface area contributed by atoms with Gasteiger partial charge in [-0.3, -0.25) is 0 Å². The maximum atomic E-state index is 12.4. The lowest BCUT2D eigenvalue weighted by atomic mass is 10.1. The molecule has 0 aliphatic carbocycles. The highest BCUT2D eigenvalue weighted by Crippen LogP contribution is 2.23. The molecule has 128 valence electrons. The first-order chi connectivity index (χ1) is 11.7. The van der Waals surface area contributed by atoms with Crippen LogP contribution in [0.1, 0.15) is 36.8 Å². The van der Waals surface area contributed by atoms with E-state index in [1.807, 2.05) is 31.2 Å². The number of urea groups is 1. The Morgan fingerprint density at radius 2 is 2.17 bits per heavy atom. The average molecular weight is 329 g/mol. The Balaban J connectivity index is 1.55. The summed E-state index contributed by atoms with van der Waals surface area (Å²) in [5.41, 5.74) is 2.80. The van der Waals surface area contributed by atoms with Crippen LogP contribution in [0.5, 0.6) is 5.75 Å². The molecule has 0 radical (unpaired) electrons. The topological polar surface area (TPSA) is 67.6 Å². The van der Waals surface area contributed by atoms with Gasteiger partial charge in [-0.15, -0.1) is 0 Å². The lowest BCUT2D eigenvalue weighted by molar-refractivity contribution is 0.196. The molecule has 1 N–H and O–H groups in total. The zero-order valence-corrected chi connectivity index (χ0v) is 14.2. The molecule has 1 aliphatic rings. The van der Waals surface area contributed by atoms with Crippen LogP contribution in [0.3, 0.4) is 0 Å². The largest absolute Gasteiger partial charge is 0.494 e. The second-order valence-corrected chi connectivity index (χ2v) is 6.00. The van der Waals surface area contributed by atoms with Crippen LogP contribution in [0.25, 0.3) is 0 Å². The number of aryl methyl sites for hydroxylation is 1. The molecule has 0 unspecified atom stereocenters. The van der Waals surface area contributed by atoms with Gasteiger partial charge in [0.25, 0.3) is 0 Å². The second kappa shape index (κ2) is 7.38. The predicted octanol–water partition coefficient (Wildman–Crippen LogP) is 3.75. The van der Waals surface area contributed by atoms with Gasteiger partial charge in [0.1, 0.15) is 5.75 Å². The molecular weight excluding hydrogens is 306 g/mol. The molecule has 2 amide bonds. The van der Waals surface area contributed by atoms with Crippen LogP contribution < -0.4 is 10.1 Å². The highest BCUT2D eigenvalue weighted by molar-refractivity contribution is 5.89. The maximum Gasteiger partial charge on any atom is 0.322 e. The number of hydrogen-bond donors (Lipinski definition) is 1. The minimum absolute atomic E-state index is 0.130. The monoisotopic (exact) mass is 329 g/mol. The van der Waals surface area contributed by atoms with Crippen molar-refractivity contribution < 1.29 is 14.1 Å². The van der Waals surface area contributed by atoms with Crippen LogP contribution in [-0.4, -0.2) is 29.2 Å².